The highest BCUT2D eigenvalue weighted by Gasteiger charge is 2.75. The average molecular weight is 523 g/mol. The molecule has 4 heterocycles. The number of aliphatic hydroxyl groups excluding tert-OH is 1. The number of hydrogen-bond acceptors (Lipinski definition) is 6. The van der Waals surface area contributed by atoms with E-state index in [0.717, 1.165) is 24.8 Å². The van der Waals surface area contributed by atoms with E-state index >= 15 is 0 Å². The summed E-state index contributed by atoms with van der Waals surface area (Å²) in [5.74, 6) is -3.06. The second-order valence-corrected chi connectivity index (χ2v) is 11.4. The first kappa shape index (κ1) is 26.6. The van der Waals surface area contributed by atoms with Crippen LogP contribution in [0.3, 0.4) is 0 Å². The topological polar surface area (TPSA) is 96.4 Å². The van der Waals surface area contributed by atoms with Gasteiger partial charge < -0.3 is 24.4 Å². The lowest BCUT2D eigenvalue weighted by Gasteiger charge is -2.41. The maximum atomic E-state index is 14.4. The molecule has 4 aliphatic rings. The van der Waals surface area contributed by atoms with Crippen LogP contribution in [0.15, 0.2) is 54.6 Å². The molecular formula is C30H38N2O6. The van der Waals surface area contributed by atoms with Crippen molar-refractivity contribution in [2.24, 2.45) is 17.8 Å². The molecule has 0 aliphatic carbocycles. The number of rotatable bonds is 5. The Bertz CT molecular complexity index is 1130. The van der Waals surface area contributed by atoms with E-state index in [9.17, 15) is 19.5 Å². The van der Waals surface area contributed by atoms with Gasteiger partial charge in [-0.3, -0.25) is 14.4 Å². The van der Waals surface area contributed by atoms with Crippen LogP contribution in [-0.4, -0.2) is 75.7 Å². The largest absolute Gasteiger partial charge is 0.465 e. The monoisotopic (exact) mass is 522 g/mol. The molecule has 5 rings (SSSR count). The first-order valence-corrected chi connectivity index (χ1v) is 13.7. The quantitative estimate of drug-likeness (QED) is 0.472. The zero-order chi connectivity index (χ0) is 27.1. The van der Waals surface area contributed by atoms with Crippen molar-refractivity contribution in [3.8, 4) is 0 Å². The zero-order valence-electron chi connectivity index (χ0n) is 22.4. The van der Waals surface area contributed by atoms with Gasteiger partial charge in [-0.25, -0.2) is 0 Å². The predicted molar refractivity (Wildman–Crippen MR) is 140 cm³/mol. The molecule has 204 valence electrons. The summed E-state index contributed by atoms with van der Waals surface area (Å²) in [4.78, 5) is 45.6. The second-order valence-electron chi connectivity index (χ2n) is 11.4. The lowest BCUT2D eigenvalue weighted by atomic mass is 9.74. The molecule has 2 saturated heterocycles. The molecule has 8 nitrogen and oxygen atoms in total. The van der Waals surface area contributed by atoms with Crippen molar-refractivity contribution in [2.75, 3.05) is 19.8 Å². The van der Waals surface area contributed by atoms with E-state index in [4.69, 9.17) is 9.47 Å². The molecule has 6 atom stereocenters. The molecule has 1 aromatic rings. The SMILES string of the molecule is CC(C)[C@H](CO)N1C(=O)[C@@H]2[C@H]3C(=O)OCCCC/C=C\[C@@]3(C)O[C@@]23C=CCN(Cc2ccccc2)C(=O)C13. The minimum absolute atomic E-state index is 0.121. The molecule has 1 aromatic carbocycles. The molecule has 0 radical (unpaired) electrons. The summed E-state index contributed by atoms with van der Waals surface area (Å²) in [6.07, 6.45) is 10.0. The molecule has 1 N–H and O–H groups in total. The summed E-state index contributed by atoms with van der Waals surface area (Å²) >= 11 is 0. The fourth-order valence-electron chi connectivity index (χ4n) is 6.71. The van der Waals surface area contributed by atoms with Gasteiger partial charge >= 0.3 is 5.97 Å². The van der Waals surface area contributed by atoms with Gasteiger partial charge in [-0.1, -0.05) is 68.5 Å². The molecule has 1 unspecified atom stereocenters. The lowest BCUT2D eigenvalue weighted by molar-refractivity contribution is -0.162. The number of carbonyl (C=O) groups is 3. The summed E-state index contributed by atoms with van der Waals surface area (Å²) < 4.78 is 12.5. The summed E-state index contributed by atoms with van der Waals surface area (Å²) in [6.45, 7) is 6.35. The van der Waals surface area contributed by atoms with E-state index in [-0.39, 0.29) is 30.9 Å². The van der Waals surface area contributed by atoms with Crippen LogP contribution >= 0.6 is 0 Å². The minimum Gasteiger partial charge on any atom is -0.465 e. The Morgan fingerprint density at radius 2 is 1.79 bits per heavy atom. The third-order valence-corrected chi connectivity index (χ3v) is 8.55. The van der Waals surface area contributed by atoms with Crippen LogP contribution in [0.1, 0.15) is 45.6 Å². The Hall–Kier alpha value is -2.97. The first-order chi connectivity index (χ1) is 18.2. The first-order valence-electron chi connectivity index (χ1n) is 13.7. The van der Waals surface area contributed by atoms with E-state index in [1.54, 1.807) is 4.90 Å². The van der Waals surface area contributed by atoms with Crippen molar-refractivity contribution in [3.05, 3.63) is 60.2 Å². The van der Waals surface area contributed by atoms with Gasteiger partial charge in [-0.2, -0.15) is 0 Å². The maximum Gasteiger partial charge on any atom is 0.313 e. The molecule has 1 spiro atoms. The van der Waals surface area contributed by atoms with Crippen LogP contribution in [0.2, 0.25) is 0 Å². The lowest BCUT2D eigenvalue weighted by Crippen LogP contribution is -2.59. The highest BCUT2D eigenvalue weighted by atomic mass is 16.6. The molecule has 0 saturated carbocycles. The van der Waals surface area contributed by atoms with Crippen molar-refractivity contribution >= 4 is 17.8 Å². The minimum atomic E-state index is -1.36. The zero-order valence-corrected chi connectivity index (χ0v) is 22.4. The number of fused-ring (bicyclic) bond motifs is 2. The molecule has 8 heteroatoms. The number of hydrogen-bond donors (Lipinski definition) is 1. The molecule has 4 aliphatic heterocycles. The van der Waals surface area contributed by atoms with Gasteiger partial charge in [0.15, 0.2) is 0 Å². The van der Waals surface area contributed by atoms with Gasteiger partial charge in [-0.15, -0.1) is 0 Å². The molecule has 38 heavy (non-hydrogen) atoms. The Kier molecular flexibility index (Phi) is 7.22. The van der Waals surface area contributed by atoms with Crippen molar-refractivity contribution < 1.29 is 29.0 Å². The molecule has 0 aromatic heterocycles. The van der Waals surface area contributed by atoms with E-state index < -0.39 is 41.1 Å². The van der Waals surface area contributed by atoms with Crippen LogP contribution in [0.25, 0.3) is 0 Å². The Balaban J connectivity index is 1.64. The van der Waals surface area contributed by atoms with Crippen LogP contribution < -0.4 is 0 Å². The third kappa shape index (κ3) is 4.28. The number of cyclic esters (lactones) is 1. The maximum absolute atomic E-state index is 14.4. The summed E-state index contributed by atoms with van der Waals surface area (Å²) in [5.41, 5.74) is -1.51. The second kappa shape index (κ2) is 10.3. The molecule has 0 bridgehead atoms. The van der Waals surface area contributed by atoms with Crippen LogP contribution in [0, 0.1) is 17.8 Å². The van der Waals surface area contributed by atoms with E-state index in [1.807, 2.05) is 75.4 Å². The van der Waals surface area contributed by atoms with Gasteiger partial charge in [0.25, 0.3) is 0 Å². The smallest absolute Gasteiger partial charge is 0.313 e. The van der Waals surface area contributed by atoms with Crippen LogP contribution in [-0.2, 0) is 30.4 Å². The summed E-state index contributed by atoms with van der Waals surface area (Å²) in [5, 5.41) is 10.4. The third-order valence-electron chi connectivity index (χ3n) is 8.55. The Morgan fingerprint density at radius 1 is 1.03 bits per heavy atom. The number of amides is 2. The molecular weight excluding hydrogens is 484 g/mol. The number of allylic oxidation sites excluding steroid dienone is 1. The van der Waals surface area contributed by atoms with Gasteiger partial charge in [-0.05, 0) is 37.7 Å². The average Bonchev–Trinajstić information content (AvgIpc) is 3.22. The Morgan fingerprint density at radius 3 is 2.50 bits per heavy atom. The predicted octanol–water partition coefficient (Wildman–Crippen LogP) is 2.86. The van der Waals surface area contributed by atoms with Crippen molar-refractivity contribution in [2.45, 2.75) is 69.9 Å². The van der Waals surface area contributed by atoms with E-state index in [2.05, 4.69) is 0 Å². The van der Waals surface area contributed by atoms with Crippen LogP contribution in [0.5, 0.6) is 0 Å². The summed E-state index contributed by atoms with van der Waals surface area (Å²) in [7, 11) is 0. The standard InChI is InChI=1S/C30H38N2O6/c1-20(2)22(19-33)32-25-27(35)31(18-21-12-7-6-8-13-21)16-11-15-30(25)23(26(32)34)24-28(36)37-17-10-5-4-9-14-29(24,3)38-30/h6-9,11-15,20,22-25,33H,4-5,10,16-19H2,1-3H3/b14-9-/t22-,23-,24-,25?,29+,30-/m0/s1. The summed E-state index contributed by atoms with van der Waals surface area (Å²) in [6, 6.07) is 8.09. The number of benzene rings is 1. The van der Waals surface area contributed by atoms with Crippen molar-refractivity contribution in [3.63, 3.8) is 0 Å². The van der Waals surface area contributed by atoms with Crippen LogP contribution in [0.4, 0.5) is 0 Å². The number of nitrogens with zero attached hydrogens (tertiary/aromatic N) is 2. The number of ether oxygens (including phenoxy) is 2. The van der Waals surface area contributed by atoms with Crippen molar-refractivity contribution in [1.29, 1.82) is 0 Å². The van der Waals surface area contributed by atoms with Crippen molar-refractivity contribution in [1.82, 2.24) is 9.80 Å². The van der Waals surface area contributed by atoms with Gasteiger partial charge in [0.2, 0.25) is 11.8 Å². The highest BCUT2D eigenvalue weighted by Crippen LogP contribution is 2.57. The fourth-order valence-corrected chi connectivity index (χ4v) is 6.71. The number of aliphatic hydroxyl groups is 1. The fraction of sp³-hybridized carbons (Fsp3) is 0.567. The van der Waals surface area contributed by atoms with E-state index in [1.165, 1.54) is 4.90 Å². The van der Waals surface area contributed by atoms with E-state index in [0.29, 0.717) is 13.1 Å². The highest BCUT2D eigenvalue weighted by molar-refractivity contribution is 5.99. The molecule has 2 amide bonds. The Labute approximate surface area is 224 Å². The number of carbonyl (C=O) groups excluding carboxylic acids is 3. The number of likely N-dealkylation sites (tertiary alicyclic amines) is 1. The number of esters is 1. The normalized spacial score (nSPS) is 34.9. The van der Waals surface area contributed by atoms with Gasteiger partial charge in [0.05, 0.1) is 30.8 Å². The molecule has 2 fully saturated rings. The van der Waals surface area contributed by atoms with Gasteiger partial charge in [0.1, 0.15) is 17.6 Å². The van der Waals surface area contributed by atoms with Gasteiger partial charge in [0, 0.05) is 13.1 Å².